The lowest BCUT2D eigenvalue weighted by atomic mass is 10.0. The summed E-state index contributed by atoms with van der Waals surface area (Å²) in [6.07, 6.45) is 1.50. The van der Waals surface area contributed by atoms with Crippen LogP contribution in [-0.2, 0) is 0 Å². The van der Waals surface area contributed by atoms with Gasteiger partial charge in [0.15, 0.2) is 0 Å². The van der Waals surface area contributed by atoms with Crippen LogP contribution in [0.5, 0.6) is 5.75 Å². The zero-order chi connectivity index (χ0) is 16.1. The number of methoxy groups -OCH3 is 1. The molecule has 2 N–H and O–H groups in total. The molecular weight excluding hydrogens is 304 g/mol. The Morgan fingerprint density at radius 3 is 2.82 bits per heavy atom. The average molecular weight is 323 g/mol. The van der Waals surface area contributed by atoms with Gasteiger partial charge < -0.3 is 15.0 Å². The van der Waals surface area contributed by atoms with E-state index >= 15 is 0 Å². The predicted octanol–water partition coefficient (Wildman–Crippen LogP) is 2.15. The Labute approximate surface area is 134 Å². The van der Waals surface area contributed by atoms with Gasteiger partial charge in [-0.3, -0.25) is 4.79 Å². The van der Waals surface area contributed by atoms with E-state index in [2.05, 4.69) is 20.4 Å². The van der Waals surface area contributed by atoms with Gasteiger partial charge in [0.05, 0.1) is 25.0 Å². The SMILES string of the molecule is COc1ccccc1C(CNc1cn[nH]c(=O)c1Cl)N(C)C. The molecule has 0 radical (unpaired) electrons. The van der Waals surface area contributed by atoms with E-state index in [1.807, 2.05) is 38.4 Å². The van der Waals surface area contributed by atoms with Crippen LogP contribution < -0.4 is 15.6 Å². The molecule has 7 heteroatoms. The van der Waals surface area contributed by atoms with E-state index in [-0.39, 0.29) is 11.1 Å². The maximum absolute atomic E-state index is 11.5. The van der Waals surface area contributed by atoms with Crippen molar-refractivity contribution in [1.29, 1.82) is 0 Å². The van der Waals surface area contributed by atoms with Gasteiger partial charge in [0, 0.05) is 12.1 Å². The number of halogens is 1. The van der Waals surface area contributed by atoms with Gasteiger partial charge in [-0.1, -0.05) is 29.8 Å². The van der Waals surface area contributed by atoms with Crippen LogP contribution in [0.3, 0.4) is 0 Å². The van der Waals surface area contributed by atoms with E-state index in [0.717, 1.165) is 11.3 Å². The quantitative estimate of drug-likeness (QED) is 0.852. The first-order chi connectivity index (χ1) is 10.5. The highest BCUT2D eigenvalue weighted by Gasteiger charge is 2.18. The number of para-hydroxylation sites is 1. The Morgan fingerprint density at radius 2 is 2.14 bits per heavy atom. The summed E-state index contributed by atoms with van der Waals surface area (Å²) in [5.41, 5.74) is 1.15. The van der Waals surface area contributed by atoms with Crippen molar-refractivity contribution < 1.29 is 4.74 Å². The number of likely N-dealkylation sites (N-methyl/N-ethyl adjacent to an activating group) is 1. The zero-order valence-electron chi connectivity index (χ0n) is 12.8. The zero-order valence-corrected chi connectivity index (χ0v) is 13.5. The second-order valence-corrected chi connectivity index (χ2v) is 5.41. The van der Waals surface area contributed by atoms with Crippen LogP contribution in [0.2, 0.25) is 5.02 Å². The van der Waals surface area contributed by atoms with Crippen LogP contribution >= 0.6 is 11.6 Å². The van der Waals surface area contributed by atoms with Crippen molar-refractivity contribution in [3.8, 4) is 5.75 Å². The third kappa shape index (κ3) is 3.58. The molecule has 0 amide bonds. The highest BCUT2D eigenvalue weighted by Crippen LogP contribution is 2.28. The number of aromatic amines is 1. The molecule has 1 aromatic heterocycles. The minimum Gasteiger partial charge on any atom is -0.496 e. The number of ether oxygens (including phenoxy) is 1. The second kappa shape index (κ2) is 7.29. The topological polar surface area (TPSA) is 70.2 Å². The number of H-pyrrole nitrogens is 1. The Hall–Kier alpha value is -2.05. The maximum Gasteiger partial charge on any atom is 0.285 e. The van der Waals surface area contributed by atoms with Gasteiger partial charge in [-0.25, -0.2) is 5.10 Å². The molecule has 1 unspecified atom stereocenters. The molecule has 2 rings (SSSR count). The number of nitrogens with one attached hydrogen (secondary N) is 2. The molecule has 1 atom stereocenters. The summed E-state index contributed by atoms with van der Waals surface area (Å²) in [6, 6.07) is 7.89. The Kier molecular flexibility index (Phi) is 5.41. The summed E-state index contributed by atoms with van der Waals surface area (Å²) < 4.78 is 5.42. The summed E-state index contributed by atoms with van der Waals surface area (Å²) in [5, 5.41) is 9.32. The Balaban J connectivity index is 2.23. The molecular formula is C15H19ClN4O2. The number of anilines is 1. The largest absolute Gasteiger partial charge is 0.496 e. The molecule has 118 valence electrons. The summed E-state index contributed by atoms with van der Waals surface area (Å²) >= 11 is 5.98. The van der Waals surface area contributed by atoms with Gasteiger partial charge in [0.2, 0.25) is 0 Å². The van der Waals surface area contributed by atoms with Crippen molar-refractivity contribution in [1.82, 2.24) is 15.1 Å². The number of aromatic nitrogens is 2. The van der Waals surface area contributed by atoms with Crippen LogP contribution in [0, 0.1) is 0 Å². The van der Waals surface area contributed by atoms with Crippen LogP contribution in [0.15, 0.2) is 35.3 Å². The van der Waals surface area contributed by atoms with E-state index in [4.69, 9.17) is 16.3 Å². The number of nitrogens with zero attached hydrogens (tertiary/aromatic N) is 2. The van der Waals surface area contributed by atoms with E-state index in [1.54, 1.807) is 7.11 Å². The van der Waals surface area contributed by atoms with Crippen LogP contribution in [0.4, 0.5) is 5.69 Å². The highest BCUT2D eigenvalue weighted by atomic mass is 35.5. The van der Waals surface area contributed by atoms with Gasteiger partial charge in [0.25, 0.3) is 5.56 Å². The molecule has 0 saturated heterocycles. The third-order valence-corrected chi connectivity index (χ3v) is 3.78. The first-order valence-electron chi connectivity index (χ1n) is 6.81. The normalized spacial score (nSPS) is 12.2. The lowest BCUT2D eigenvalue weighted by Gasteiger charge is -2.27. The standard InChI is InChI=1S/C15H19ClN4O2/c1-20(2)12(10-6-4-5-7-13(10)22-3)9-17-11-8-18-19-15(21)14(11)16/h4-8,12H,9H2,1-3H3,(H2,17,19,21). The fourth-order valence-corrected chi connectivity index (χ4v) is 2.38. The van der Waals surface area contributed by atoms with E-state index < -0.39 is 5.56 Å². The van der Waals surface area contributed by atoms with Gasteiger partial charge >= 0.3 is 0 Å². The Morgan fingerprint density at radius 1 is 1.41 bits per heavy atom. The molecule has 0 aliphatic carbocycles. The molecule has 22 heavy (non-hydrogen) atoms. The first-order valence-corrected chi connectivity index (χ1v) is 7.18. The molecule has 1 heterocycles. The van der Waals surface area contributed by atoms with E-state index in [0.29, 0.717) is 12.2 Å². The molecule has 0 aliphatic rings. The fraction of sp³-hybridized carbons (Fsp3) is 0.333. The van der Waals surface area contributed by atoms with Crippen LogP contribution in [0.25, 0.3) is 0 Å². The number of benzene rings is 1. The van der Waals surface area contributed by atoms with Crippen molar-refractivity contribution in [2.45, 2.75) is 6.04 Å². The molecule has 6 nitrogen and oxygen atoms in total. The first kappa shape index (κ1) is 16.3. The van der Waals surface area contributed by atoms with Crippen molar-refractivity contribution in [3.63, 3.8) is 0 Å². The fourth-order valence-electron chi connectivity index (χ4n) is 2.23. The van der Waals surface area contributed by atoms with Crippen molar-refractivity contribution >= 4 is 17.3 Å². The third-order valence-electron chi connectivity index (χ3n) is 3.40. The molecule has 0 aliphatic heterocycles. The molecule has 0 bridgehead atoms. The lowest BCUT2D eigenvalue weighted by Crippen LogP contribution is -2.27. The smallest absolute Gasteiger partial charge is 0.285 e. The number of hydrogen-bond donors (Lipinski definition) is 2. The van der Waals surface area contributed by atoms with Gasteiger partial charge in [-0.15, -0.1) is 0 Å². The molecule has 2 aromatic rings. The molecule has 0 spiro atoms. The predicted molar refractivity (Wildman–Crippen MR) is 87.8 cm³/mol. The summed E-state index contributed by atoms with van der Waals surface area (Å²) in [4.78, 5) is 13.5. The minimum atomic E-state index is -0.412. The van der Waals surface area contributed by atoms with E-state index in [9.17, 15) is 4.79 Å². The summed E-state index contributed by atoms with van der Waals surface area (Å²) in [7, 11) is 5.61. The van der Waals surface area contributed by atoms with Gasteiger partial charge in [0.1, 0.15) is 10.8 Å². The van der Waals surface area contributed by atoms with Crippen molar-refractivity contribution in [3.05, 3.63) is 51.4 Å². The molecule has 0 saturated carbocycles. The monoisotopic (exact) mass is 322 g/mol. The number of hydrogen-bond acceptors (Lipinski definition) is 5. The van der Waals surface area contributed by atoms with Crippen LogP contribution in [-0.4, -0.2) is 42.8 Å². The van der Waals surface area contributed by atoms with Crippen molar-refractivity contribution in [2.75, 3.05) is 33.1 Å². The van der Waals surface area contributed by atoms with E-state index in [1.165, 1.54) is 6.20 Å². The van der Waals surface area contributed by atoms with Gasteiger partial charge in [-0.05, 0) is 20.2 Å². The summed E-state index contributed by atoms with van der Waals surface area (Å²) in [5.74, 6) is 0.818. The minimum absolute atomic E-state index is 0.0477. The summed E-state index contributed by atoms with van der Waals surface area (Å²) in [6.45, 7) is 0.554. The maximum atomic E-state index is 11.5. The average Bonchev–Trinajstić information content (AvgIpc) is 2.51. The number of rotatable bonds is 6. The Bertz CT molecular complexity index is 687. The van der Waals surface area contributed by atoms with Crippen LogP contribution in [0.1, 0.15) is 11.6 Å². The van der Waals surface area contributed by atoms with Gasteiger partial charge in [-0.2, -0.15) is 5.10 Å². The van der Waals surface area contributed by atoms with Crippen molar-refractivity contribution in [2.24, 2.45) is 0 Å². The molecule has 0 fully saturated rings. The highest BCUT2D eigenvalue weighted by molar-refractivity contribution is 6.32. The molecule has 1 aromatic carbocycles. The lowest BCUT2D eigenvalue weighted by molar-refractivity contribution is 0.300. The second-order valence-electron chi connectivity index (χ2n) is 5.03.